The number of hydrogen-bond donors (Lipinski definition) is 1. The average molecular weight is 518 g/mol. The van der Waals surface area contributed by atoms with E-state index in [9.17, 15) is 14.4 Å². The van der Waals surface area contributed by atoms with Crippen LogP contribution in [0.3, 0.4) is 0 Å². The molecule has 0 aliphatic heterocycles. The van der Waals surface area contributed by atoms with Gasteiger partial charge in [0.05, 0.1) is 23.3 Å². The third-order valence-electron chi connectivity index (χ3n) is 5.01. The van der Waals surface area contributed by atoms with Gasteiger partial charge in [-0.1, -0.05) is 30.0 Å². The summed E-state index contributed by atoms with van der Waals surface area (Å²) in [6, 6.07) is 9.40. The molecule has 12 heteroatoms. The van der Waals surface area contributed by atoms with Crippen LogP contribution in [0.25, 0.3) is 0 Å². The fourth-order valence-electron chi connectivity index (χ4n) is 3.21. The van der Waals surface area contributed by atoms with Gasteiger partial charge in [0.15, 0.2) is 17.1 Å². The first kappa shape index (κ1) is 26.2. The van der Waals surface area contributed by atoms with Crippen LogP contribution in [0, 0.1) is 6.92 Å². The molecular formula is C23H27N5O5S2. The zero-order valence-electron chi connectivity index (χ0n) is 20.3. The van der Waals surface area contributed by atoms with Gasteiger partial charge in [-0.3, -0.25) is 9.59 Å². The number of aromatic nitrogens is 3. The maximum absolute atomic E-state index is 12.7. The highest BCUT2D eigenvalue weighted by Crippen LogP contribution is 2.34. The molecule has 2 amide bonds. The molecule has 1 aromatic carbocycles. The van der Waals surface area contributed by atoms with Gasteiger partial charge in [0.2, 0.25) is 5.91 Å². The Morgan fingerprint density at radius 2 is 1.89 bits per heavy atom. The summed E-state index contributed by atoms with van der Waals surface area (Å²) in [5.74, 6) is 0.120. The van der Waals surface area contributed by atoms with Crippen molar-refractivity contribution in [3.05, 3.63) is 52.2 Å². The molecule has 0 radical (unpaired) electrons. The van der Waals surface area contributed by atoms with E-state index in [-0.39, 0.29) is 34.2 Å². The minimum Gasteiger partial charge on any atom is -0.483 e. The summed E-state index contributed by atoms with van der Waals surface area (Å²) in [5.41, 5.74) is 0.641. The lowest BCUT2D eigenvalue weighted by molar-refractivity contribution is -0.113. The molecule has 2 aromatic heterocycles. The monoisotopic (exact) mass is 517 g/mol. The van der Waals surface area contributed by atoms with Gasteiger partial charge in [-0.05, 0) is 31.5 Å². The summed E-state index contributed by atoms with van der Waals surface area (Å²) >= 11 is 2.24. The molecule has 0 aliphatic carbocycles. The minimum absolute atomic E-state index is 0.0222. The number of rotatable bonds is 9. The zero-order chi connectivity index (χ0) is 25.7. The van der Waals surface area contributed by atoms with E-state index in [1.54, 1.807) is 32.6 Å². The van der Waals surface area contributed by atoms with Crippen LogP contribution in [0.15, 0.2) is 35.5 Å². The second-order valence-electron chi connectivity index (χ2n) is 7.76. The van der Waals surface area contributed by atoms with E-state index in [4.69, 9.17) is 9.47 Å². The van der Waals surface area contributed by atoms with E-state index in [1.165, 1.54) is 23.8 Å². The lowest BCUT2D eigenvalue weighted by Crippen LogP contribution is -2.21. The third kappa shape index (κ3) is 6.01. The Kier molecular flexibility index (Phi) is 8.52. The molecule has 2 heterocycles. The van der Waals surface area contributed by atoms with Gasteiger partial charge in [-0.25, -0.2) is 4.79 Å². The molecule has 10 nitrogen and oxygen atoms in total. The summed E-state index contributed by atoms with van der Waals surface area (Å²) in [6.07, 6.45) is -0.345. The maximum atomic E-state index is 12.7. The van der Waals surface area contributed by atoms with Crippen molar-refractivity contribution in [1.29, 1.82) is 0 Å². The molecule has 3 aromatic rings. The summed E-state index contributed by atoms with van der Waals surface area (Å²) < 4.78 is 12.5. The smallest absolute Gasteiger partial charge is 0.341 e. The van der Waals surface area contributed by atoms with Crippen LogP contribution < -0.4 is 10.1 Å². The summed E-state index contributed by atoms with van der Waals surface area (Å²) in [6.45, 7) is 3.53. The van der Waals surface area contributed by atoms with E-state index >= 15 is 0 Å². The highest BCUT2D eigenvalue weighted by Gasteiger charge is 2.27. The van der Waals surface area contributed by atoms with E-state index in [1.807, 2.05) is 37.3 Å². The minimum atomic E-state index is -0.621. The number of benzene rings is 1. The van der Waals surface area contributed by atoms with Gasteiger partial charge in [-0.2, -0.15) is 0 Å². The number of thiophene rings is 1. The van der Waals surface area contributed by atoms with Crippen molar-refractivity contribution in [2.45, 2.75) is 25.1 Å². The molecule has 0 saturated carbocycles. The molecule has 0 fully saturated rings. The second kappa shape index (κ2) is 11.4. The molecule has 35 heavy (non-hydrogen) atoms. The van der Waals surface area contributed by atoms with Gasteiger partial charge in [0, 0.05) is 21.1 Å². The number of thioether (sulfide) groups is 1. The molecule has 186 valence electrons. The summed E-state index contributed by atoms with van der Waals surface area (Å²) in [7, 11) is 6.30. The quantitative estimate of drug-likeness (QED) is 0.338. The number of carbonyl (C=O) groups excluding carboxylic acids is 3. The van der Waals surface area contributed by atoms with Crippen molar-refractivity contribution >= 4 is 45.9 Å². The number of methoxy groups -OCH3 is 1. The number of para-hydroxylation sites is 1. The average Bonchev–Trinajstić information content (AvgIpc) is 3.36. The number of carbonyl (C=O) groups is 3. The van der Waals surface area contributed by atoms with Gasteiger partial charge in [0.25, 0.3) is 5.91 Å². The number of nitrogens with one attached hydrogen (secondary N) is 1. The summed E-state index contributed by atoms with van der Waals surface area (Å²) in [4.78, 5) is 39.3. The van der Waals surface area contributed by atoms with E-state index in [0.717, 1.165) is 17.1 Å². The Morgan fingerprint density at radius 1 is 1.20 bits per heavy atom. The van der Waals surface area contributed by atoms with Crippen LogP contribution >= 0.6 is 23.1 Å². The first-order chi connectivity index (χ1) is 16.6. The fraction of sp³-hybridized carbons (Fsp3) is 0.348. The van der Waals surface area contributed by atoms with Crippen LogP contribution in [0.1, 0.15) is 44.4 Å². The zero-order valence-corrected chi connectivity index (χ0v) is 22.0. The van der Waals surface area contributed by atoms with Crippen molar-refractivity contribution in [1.82, 2.24) is 19.7 Å². The molecule has 0 aliphatic rings. The molecule has 1 N–H and O–H groups in total. The normalized spacial score (nSPS) is 11.6. The Labute approximate surface area is 211 Å². The van der Waals surface area contributed by atoms with E-state index < -0.39 is 5.97 Å². The van der Waals surface area contributed by atoms with Crippen molar-refractivity contribution < 1.29 is 23.9 Å². The van der Waals surface area contributed by atoms with Crippen molar-refractivity contribution in [3.63, 3.8) is 0 Å². The molecule has 0 spiro atoms. The number of esters is 1. The lowest BCUT2D eigenvalue weighted by Gasteiger charge is -2.14. The van der Waals surface area contributed by atoms with Crippen LogP contribution in [0.5, 0.6) is 5.75 Å². The third-order valence-corrected chi connectivity index (χ3v) is 7.23. The van der Waals surface area contributed by atoms with E-state index in [2.05, 4.69) is 15.5 Å². The van der Waals surface area contributed by atoms with Gasteiger partial charge < -0.3 is 24.3 Å². The predicted octanol–water partition coefficient (Wildman–Crippen LogP) is 3.54. The Morgan fingerprint density at radius 3 is 2.51 bits per heavy atom. The Hall–Kier alpha value is -3.38. The van der Waals surface area contributed by atoms with Crippen molar-refractivity contribution in [2.24, 2.45) is 7.05 Å². The number of hydrogen-bond acceptors (Lipinski definition) is 9. The Bertz CT molecular complexity index is 1220. The Balaban J connectivity index is 1.69. The van der Waals surface area contributed by atoms with Crippen LogP contribution in [0.2, 0.25) is 0 Å². The van der Waals surface area contributed by atoms with Crippen molar-refractivity contribution in [2.75, 3.05) is 32.3 Å². The first-order valence-corrected chi connectivity index (χ1v) is 12.4. The second-order valence-corrected chi connectivity index (χ2v) is 9.72. The number of ether oxygens (including phenoxy) is 2. The summed E-state index contributed by atoms with van der Waals surface area (Å²) in [5, 5.41) is 11.9. The fourth-order valence-corrected chi connectivity index (χ4v) is 5.16. The standard InChI is InChI=1S/C23H27N5O5S2/c1-13-17(22(31)32-6)20(35-18(13)21(30)27(3)4)24-16(29)12-34-23-26-25-19(28(23)5)14(2)33-15-10-8-7-9-11-15/h7-11,14H,12H2,1-6H3,(H,24,29). The molecular weight excluding hydrogens is 490 g/mol. The highest BCUT2D eigenvalue weighted by atomic mass is 32.2. The van der Waals surface area contributed by atoms with Crippen molar-refractivity contribution in [3.8, 4) is 5.75 Å². The largest absolute Gasteiger partial charge is 0.483 e. The van der Waals surface area contributed by atoms with Crippen LogP contribution in [-0.4, -0.2) is 64.4 Å². The molecule has 1 atom stereocenters. The van der Waals surface area contributed by atoms with Crippen LogP contribution in [-0.2, 0) is 16.6 Å². The van der Waals surface area contributed by atoms with Gasteiger partial charge >= 0.3 is 5.97 Å². The molecule has 3 rings (SSSR count). The number of amides is 2. The lowest BCUT2D eigenvalue weighted by atomic mass is 10.1. The van der Waals surface area contributed by atoms with Crippen LogP contribution in [0.4, 0.5) is 5.00 Å². The van der Waals surface area contributed by atoms with Gasteiger partial charge in [0.1, 0.15) is 10.8 Å². The SMILES string of the molecule is COC(=O)c1c(NC(=O)CSc2nnc(C(C)Oc3ccccc3)n2C)sc(C(=O)N(C)C)c1C. The highest BCUT2D eigenvalue weighted by molar-refractivity contribution is 7.99. The van der Waals surface area contributed by atoms with E-state index in [0.29, 0.717) is 21.4 Å². The molecule has 0 bridgehead atoms. The molecule has 1 unspecified atom stereocenters. The maximum Gasteiger partial charge on any atom is 0.341 e. The molecule has 0 saturated heterocycles. The van der Waals surface area contributed by atoms with Gasteiger partial charge in [-0.15, -0.1) is 21.5 Å². The number of anilines is 1. The number of nitrogens with zero attached hydrogens (tertiary/aromatic N) is 4. The predicted molar refractivity (Wildman–Crippen MR) is 134 cm³/mol. The first-order valence-electron chi connectivity index (χ1n) is 10.6. The topological polar surface area (TPSA) is 116 Å².